The van der Waals surface area contributed by atoms with E-state index in [9.17, 15) is 4.79 Å². The number of ether oxygens (including phenoxy) is 2. The van der Waals surface area contributed by atoms with E-state index in [2.05, 4.69) is 0 Å². The van der Waals surface area contributed by atoms with Gasteiger partial charge in [0.15, 0.2) is 11.5 Å². The number of hydrogen-bond donors (Lipinski definition) is 1. The van der Waals surface area contributed by atoms with Gasteiger partial charge < -0.3 is 14.6 Å². The predicted molar refractivity (Wildman–Crippen MR) is 69.6 cm³/mol. The lowest BCUT2D eigenvalue weighted by Crippen LogP contribution is -2.03. The summed E-state index contributed by atoms with van der Waals surface area (Å²) in [5.74, 6) is 0.642. The summed E-state index contributed by atoms with van der Waals surface area (Å²) in [6.07, 6.45) is 1.44. The Morgan fingerprint density at radius 1 is 1.28 bits per heavy atom. The summed E-state index contributed by atoms with van der Waals surface area (Å²) in [4.78, 5) is 10.6. The fourth-order valence-electron chi connectivity index (χ4n) is 2.02. The molecule has 1 aromatic carbocycles. The topological polar surface area (TPSA) is 55.8 Å². The van der Waals surface area contributed by atoms with Gasteiger partial charge in [0.25, 0.3) is 0 Å². The van der Waals surface area contributed by atoms with E-state index in [1.807, 2.05) is 19.9 Å². The minimum atomic E-state index is -0.772. The zero-order valence-electron chi connectivity index (χ0n) is 11.4. The Bertz CT molecular complexity index is 438. The molecule has 0 spiro atoms. The molecule has 18 heavy (non-hydrogen) atoms. The molecule has 0 aliphatic heterocycles. The van der Waals surface area contributed by atoms with Crippen LogP contribution in [-0.4, -0.2) is 25.3 Å². The first kappa shape index (κ1) is 14.4. The van der Waals surface area contributed by atoms with Crippen molar-refractivity contribution in [2.75, 3.05) is 14.2 Å². The maximum Gasteiger partial charge on any atom is 0.303 e. The molecule has 0 bridgehead atoms. The van der Waals surface area contributed by atoms with Crippen LogP contribution in [0.2, 0.25) is 0 Å². The van der Waals surface area contributed by atoms with Crippen molar-refractivity contribution >= 4 is 5.97 Å². The van der Waals surface area contributed by atoms with Crippen molar-refractivity contribution in [1.82, 2.24) is 0 Å². The highest BCUT2D eigenvalue weighted by Crippen LogP contribution is 2.36. The van der Waals surface area contributed by atoms with Crippen LogP contribution in [0.5, 0.6) is 11.5 Å². The molecule has 1 rings (SSSR count). The molecule has 4 nitrogen and oxygen atoms in total. The highest BCUT2D eigenvalue weighted by atomic mass is 16.5. The molecule has 1 aromatic rings. The van der Waals surface area contributed by atoms with Gasteiger partial charge in [0.05, 0.1) is 14.2 Å². The molecular formula is C14H20O4. The van der Waals surface area contributed by atoms with Crippen LogP contribution in [0.3, 0.4) is 0 Å². The maximum atomic E-state index is 10.6. The number of hydrogen-bond acceptors (Lipinski definition) is 3. The minimum absolute atomic E-state index is 0.166. The molecule has 0 atom stereocenters. The van der Waals surface area contributed by atoms with Crippen LogP contribution in [0.1, 0.15) is 29.5 Å². The first-order chi connectivity index (χ1) is 8.51. The van der Waals surface area contributed by atoms with Crippen molar-refractivity contribution in [3.8, 4) is 11.5 Å². The quantitative estimate of drug-likeness (QED) is 0.845. The Hall–Kier alpha value is -1.71. The Morgan fingerprint density at radius 2 is 1.94 bits per heavy atom. The predicted octanol–water partition coefficient (Wildman–Crippen LogP) is 2.73. The molecule has 0 fully saturated rings. The fourth-order valence-corrected chi connectivity index (χ4v) is 2.02. The van der Waals surface area contributed by atoms with Gasteiger partial charge in [-0.1, -0.05) is 0 Å². The van der Waals surface area contributed by atoms with E-state index >= 15 is 0 Å². The number of carboxylic acids is 1. The van der Waals surface area contributed by atoms with Crippen molar-refractivity contribution < 1.29 is 19.4 Å². The second-order valence-electron chi connectivity index (χ2n) is 4.28. The third-order valence-corrected chi connectivity index (χ3v) is 3.13. The second-order valence-corrected chi connectivity index (χ2v) is 4.28. The molecule has 4 heteroatoms. The molecule has 0 saturated carbocycles. The first-order valence-electron chi connectivity index (χ1n) is 5.94. The third-order valence-electron chi connectivity index (χ3n) is 3.13. The van der Waals surface area contributed by atoms with Crippen molar-refractivity contribution in [2.24, 2.45) is 0 Å². The largest absolute Gasteiger partial charge is 0.493 e. The lowest BCUT2D eigenvalue weighted by molar-refractivity contribution is -0.137. The van der Waals surface area contributed by atoms with Crippen LogP contribution in [0.25, 0.3) is 0 Å². The summed E-state index contributed by atoms with van der Waals surface area (Å²) in [6.45, 7) is 4.03. The van der Waals surface area contributed by atoms with Gasteiger partial charge in [0.2, 0.25) is 0 Å². The van der Waals surface area contributed by atoms with E-state index in [1.54, 1.807) is 14.2 Å². The van der Waals surface area contributed by atoms with Gasteiger partial charge in [-0.25, -0.2) is 0 Å². The van der Waals surface area contributed by atoms with Crippen LogP contribution in [0, 0.1) is 13.8 Å². The minimum Gasteiger partial charge on any atom is -0.493 e. The van der Waals surface area contributed by atoms with Gasteiger partial charge in [-0.05, 0) is 43.9 Å². The number of aliphatic carboxylic acids is 1. The summed E-state index contributed by atoms with van der Waals surface area (Å²) in [5.41, 5.74) is 3.30. The monoisotopic (exact) mass is 252 g/mol. The van der Waals surface area contributed by atoms with Gasteiger partial charge in [-0.2, -0.15) is 0 Å². The number of rotatable bonds is 6. The number of methoxy groups -OCH3 is 2. The second kappa shape index (κ2) is 6.28. The normalized spacial score (nSPS) is 10.2. The van der Waals surface area contributed by atoms with E-state index in [4.69, 9.17) is 14.6 Å². The lowest BCUT2D eigenvalue weighted by atomic mass is 9.97. The van der Waals surface area contributed by atoms with Crippen LogP contribution in [0.15, 0.2) is 6.07 Å². The van der Waals surface area contributed by atoms with Crippen molar-refractivity contribution in [3.05, 3.63) is 22.8 Å². The van der Waals surface area contributed by atoms with Crippen molar-refractivity contribution in [3.63, 3.8) is 0 Å². The Balaban J connectivity index is 3.06. The smallest absolute Gasteiger partial charge is 0.303 e. The van der Waals surface area contributed by atoms with E-state index < -0.39 is 5.97 Å². The highest BCUT2D eigenvalue weighted by Gasteiger charge is 2.15. The summed E-state index contributed by atoms with van der Waals surface area (Å²) in [6, 6.07) is 1.94. The molecule has 0 heterocycles. The van der Waals surface area contributed by atoms with Crippen molar-refractivity contribution in [2.45, 2.75) is 33.1 Å². The van der Waals surface area contributed by atoms with Gasteiger partial charge in [0.1, 0.15) is 0 Å². The summed E-state index contributed by atoms with van der Waals surface area (Å²) >= 11 is 0. The average molecular weight is 252 g/mol. The molecule has 100 valence electrons. The summed E-state index contributed by atoms with van der Waals surface area (Å²) in [7, 11) is 3.21. The molecule has 0 aliphatic rings. The fraction of sp³-hybridized carbons (Fsp3) is 0.500. The Labute approximate surface area is 108 Å². The Morgan fingerprint density at radius 3 is 2.44 bits per heavy atom. The van der Waals surface area contributed by atoms with Crippen molar-refractivity contribution in [1.29, 1.82) is 0 Å². The van der Waals surface area contributed by atoms with Gasteiger partial charge >= 0.3 is 5.97 Å². The zero-order chi connectivity index (χ0) is 13.7. The molecule has 0 unspecified atom stereocenters. The third kappa shape index (κ3) is 3.15. The zero-order valence-corrected chi connectivity index (χ0v) is 11.4. The van der Waals surface area contributed by atoms with Gasteiger partial charge in [0, 0.05) is 12.0 Å². The molecular weight excluding hydrogens is 232 g/mol. The number of carbonyl (C=O) groups is 1. The van der Waals surface area contributed by atoms with E-state index in [0.29, 0.717) is 24.3 Å². The Kier molecular flexibility index (Phi) is 5.01. The van der Waals surface area contributed by atoms with Crippen LogP contribution >= 0.6 is 0 Å². The number of benzene rings is 1. The van der Waals surface area contributed by atoms with Gasteiger partial charge in [-0.15, -0.1) is 0 Å². The molecule has 1 N–H and O–H groups in total. The van der Waals surface area contributed by atoms with Crippen LogP contribution < -0.4 is 9.47 Å². The molecule has 0 saturated heterocycles. The van der Waals surface area contributed by atoms with Crippen LogP contribution in [-0.2, 0) is 11.2 Å². The number of carboxylic acid groups (broad SMARTS) is 1. The first-order valence-corrected chi connectivity index (χ1v) is 5.94. The maximum absolute atomic E-state index is 10.6. The SMILES string of the molecule is COc1cc(C)c(C)c(CCCC(=O)O)c1OC. The van der Waals surface area contributed by atoms with E-state index in [-0.39, 0.29) is 6.42 Å². The molecule has 0 aromatic heterocycles. The van der Waals surface area contributed by atoms with Crippen LogP contribution in [0.4, 0.5) is 0 Å². The molecule has 0 amide bonds. The van der Waals surface area contributed by atoms with E-state index in [1.165, 1.54) is 0 Å². The van der Waals surface area contributed by atoms with E-state index in [0.717, 1.165) is 16.7 Å². The molecule has 0 radical (unpaired) electrons. The summed E-state index contributed by atoms with van der Waals surface area (Å²) in [5, 5.41) is 8.69. The average Bonchev–Trinajstić information content (AvgIpc) is 2.33. The highest BCUT2D eigenvalue weighted by molar-refractivity contribution is 5.66. The number of aryl methyl sites for hydroxylation is 1. The van der Waals surface area contributed by atoms with Gasteiger partial charge in [-0.3, -0.25) is 4.79 Å². The summed E-state index contributed by atoms with van der Waals surface area (Å²) < 4.78 is 10.7. The lowest BCUT2D eigenvalue weighted by Gasteiger charge is -2.17. The standard InChI is InChI=1S/C14H20O4/c1-9-8-12(17-3)14(18-4)11(10(9)2)6-5-7-13(15)16/h8H,5-7H2,1-4H3,(H,15,16). The molecule has 0 aliphatic carbocycles.